The van der Waals surface area contributed by atoms with Gasteiger partial charge in [0.25, 0.3) is 5.91 Å². The fraction of sp³-hybridized carbons (Fsp3) is 0.394. The first kappa shape index (κ1) is 32.8. The number of ether oxygens (including phenoxy) is 1. The van der Waals surface area contributed by atoms with Crippen LogP contribution in [-0.4, -0.2) is 70.3 Å². The Morgan fingerprint density at radius 1 is 0.690 bits per heavy atom. The number of amides is 2. The monoisotopic (exact) mass is 577 g/mol. The Morgan fingerprint density at radius 3 is 1.57 bits per heavy atom. The zero-order chi connectivity index (χ0) is 30.5. The summed E-state index contributed by atoms with van der Waals surface area (Å²) >= 11 is 0. The van der Waals surface area contributed by atoms with Gasteiger partial charge in [-0.2, -0.15) is 0 Å². The molecule has 0 radical (unpaired) electrons. The number of nitrogens with one attached hydrogen (secondary N) is 3. The summed E-state index contributed by atoms with van der Waals surface area (Å²) in [5.41, 5.74) is 1.59. The summed E-state index contributed by atoms with van der Waals surface area (Å²) in [6, 6.07) is 26.1. The van der Waals surface area contributed by atoms with Gasteiger partial charge in [-0.05, 0) is 50.3 Å². The Balaban J connectivity index is 1.64. The van der Waals surface area contributed by atoms with Crippen molar-refractivity contribution in [1.82, 2.24) is 16.0 Å². The van der Waals surface area contributed by atoms with Gasteiger partial charge in [-0.25, -0.2) is 4.79 Å². The van der Waals surface area contributed by atoms with Gasteiger partial charge in [0.15, 0.2) is 6.10 Å². The molecule has 9 nitrogen and oxygen atoms in total. The van der Waals surface area contributed by atoms with Gasteiger partial charge in [-0.3, -0.25) is 4.79 Å². The molecule has 0 unspecified atom stereocenters. The van der Waals surface area contributed by atoms with Crippen LogP contribution in [0.25, 0.3) is 0 Å². The molecule has 5 atom stereocenters. The number of carbonyl (C=O) groups excluding carboxylic acids is 2. The van der Waals surface area contributed by atoms with Gasteiger partial charge in [-0.1, -0.05) is 91.0 Å². The SMILES string of the molecule is CC(C)(C)OC(=O)N[C@@H](Cc1ccccc1)[C@H](O)CNC[C@@H](O)[C@H](Cc1ccccc1)NC(=O)[C@H](O)c1ccccc1. The predicted octanol–water partition coefficient (Wildman–Crippen LogP) is 2.89. The fourth-order valence-electron chi connectivity index (χ4n) is 4.47. The highest BCUT2D eigenvalue weighted by molar-refractivity contribution is 5.82. The maximum absolute atomic E-state index is 12.9. The lowest BCUT2D eigenvalue weighted by Crippen LogP contribution is -2.53. The zero-order valence-electron chi connectivity index (χ0n) is 24.4. The molecule has 6 N–H and O–H groups in total. The molecule has 2 amide bonds. The molecule has 0 spiro atoms. The molecule has 0 bridgehead atoms. The molecule has 226 valence electrons. The number of alkyl carbamates (subject to hydrolysis) is 1. The van der Waals surface area contributed by atoms with Crippen molar-refractivity contribution in [2.75, 3.05) is 13.1 Å². The average molecular weight is 578 g/mol. The number of aliphatic hydroxyl groups excluding tert-OH is 3. The van der Waals surface area contributed by atoms with E-state index in [0.29, 0.717) is 18.4 Å². The number of rotatable bonds is 14. The first-order valence-corrected chi connectivity index (χ1v) is 14.2. The highest BCUT2D eigenvalue weighted by Gasteiger charge is 2.28. The number of benzene rings is 3. The summed E-state index contributed by atoms with van der Waals surface area (Å²) in [7, 11) is 0. The first-order valence-electron chi connectivity index (χ1n) is 14.2. The Morgan fingerprint density at radius 2 is 1.12 bits per heavy atom. The second-order valence-corrected chi connectivity index (χ2v) is 11.4. The second-order valence-electron chi connectivity index (χ2n) is 11.4. The van der Waals surface area contributed by atoms with Crippen LogP contribution in [0.1, 0.15) is 43.6 Å². The minimum atomic E-state index is -1.39. The van der Waals surface area contributed by atoms with E-state index in [1.165, 1.54) is 0 Å². The number of carbonyl (C=O) groups is 2. The molecule has 0 saturated heterocycles. The number of hydrogen-bond donors (Lipinski definition) is 6. The van der Waals surface area contributed by atoms with Crippen LogP contribution in [0.5, 0.6) is 0 Å². The molecule has 0 aliphatic rings. The van der Waals surface area contributed by atoms with Crippen LogP contribution in [0.2, 0.25) is 0 Å². The molecule has 0 aromatic heterocycles. The highest BCUT2D eigenvalue weighted by Crippen LogP contribution is 2.15. The summed E-state index contributed by atoms with van der Waals surface area (Å²) in [5.74, 6) is -0.620. The number of aliphatic hydroxyl groups is 3. The van der Waals surface area contributed by atoms with Crippen molar-refractivity contribution in [3.05, 3.63) is 108 Å². The van der Waals surface area contributed by atoms with E-state index in [0.717, 1.165) is 11.1 Å². The molecule has 0 heterocycles. The predicted molar refractivity (Wildman–Crippen MR) is 162 cm³/mol. The van der Waals surface area contributed by atoms with Crippen molar-refractivity contribution < 1.29 is 29.6 Å². The van der Waals surface area contributed by atoms with Gasteiger partial charge in [0, 0.05) is 13.1 Å². The Hall–Kier alpha value is -3.76. The largest absolute Gasteiger partial charge is 0.444 e. The molecule has 0 saturated carbocycles. The van der Waals surface area contributed by atoms with Crippen LogP contribution < -0.4 is 16.0 Å². The normalized spacial score (nSPS) is 15.1. The summed E-state index contributed by atoms with van der Waals surface area (Å²) < 4.78 is 5.39. The van der Waals surface area contributed by atoms with Crippen molar-refractivity contribution in [2.24, 2.45) is 0 Å². The van der Waals surface area contributed by atoms with Gasteiger partial charge in [0.1, 0.15) is 5.60 Å². The van der Waals surface area contributed by atoms with Gasteiger partial charge in [0.05, 0.1) is 24.3 Å². The van der Waals surface area contributed by atoms with E-state index in [4.69, 9.17) is 4.74 Å². The minimum Gasteiger partial charge on any atom is -0.444 e. The molecule has 42 heavy (non-hydrogen) atoms. The van der Waals surface area contributed by atoms with Crippen LogP contribution in [0, 0.1) is 0 Å². The van der Waals surface area contributed by atoms with Crippen molar-refractivity contribution in [3.63, 3.8) is 0 Å². The highest BCUT2D eigenvalue weighted by atomic mass is 16.6. The Kier molecular flexibility index (Phi) is 12.5. The lowest BCUT2D eigenvalue weighted by Gasteiger charge is -2.29. The van der Waals surface area contributed by atoms with E-state index in [1.54, 1.807) is 51.1 Å². The van der Waals surface area contributed by atoms with E-state index in [-0.39, 0.29) is 13.1 Å². The van der Waals surface area contributed by atoms with E-state index in [1.807, 2.05) is 60.7 Å². The van der Waals surface area contributed by atoms with E-state index in [2.05, 4.69) is 16.0 Å². The van der Waals surface area contributed by atoms with Crippen molar-refractivity contribution >= 4 is 12.0 Å². The van der Waals surface area contributed by atoms with Gasteiger partial charge >= 0.3 is 6.09 Å². The van der Waals surface area contributed by atoms with Gasteiger partial charge in [0.2, 0.25) is 0 Å². The molecule has 0 fully saturated rings. The fourth-order valence-corrected chi connectivity index (χ4v) is 4.47. The van der Waals surface area contributed by atoms with Crippen molar-refractivity contribution in [1.29, 1.82) is 0 Å². The zero-order valence-corrected chi connectivity index (χ0v) is 24.4. The summed E-state index contributed by atoms with van der Waals surface area (Å²) in [6.07, 6.45) is -3.37. The molecule has 0 aliphatic heterocycles. The van der Waals surface area contributed by atoms with Gasteiger partial charge < -0.3 is 36.0 Å². The molecule has 0 aliphatic carbocycles. The van der Waals surface area contributed by atoms with Crippen molar-refractivity contribution in [2.45, 2.75) is 69.6 Å². The van der Waals surface area contributed by atoms with E-state index >= 15 is 0 Å². The molecule has 3 aromatic rings. The minimum absolute atomic E-state index is 0.0424. The van der Waals surface area contributed by atoms with E-state index in [9.17, 15) is 24.9 Å². The molecule has 9 heteroatoms. The second kappa shape index (κ2) is 16.0. The molecular formula is C33H43N3O6. The maximum Gasteiger partial charge on any atom is 0.407 e. The summed E-state index contributed by atoms with van der Waals surface area (Å²) in [4.78, 5) is 25.4. The van der Waals surface area contributed by atoms with Crippen LogP contribution in [-0.2, 0) is 22.4 Å². The summed E-state index contributed by atoms with van der Waals surface area (Å²) in [6.45, 7) is 5.40. The average Bonchev–Trinajstić information content (AvgIpc) is 2.96. The third kappa shape index (κ3) is 11.3. The number of hydrogen-bond acceptors (Lipinski definition) is 7. The van der Waals surface area contributed by atoms with Crippen molar-refractivity contribution in [3.8, 4) is 0 Å². The van der Waals surface area contributed by atoms with E-state index < -0.39 is 48.0 Å². The van der Waals surface area contributed by atoms with Gasteiger partial charge in [-0.15, -0.1) is 0 Å². The molecule has 3 aromatic carbocycles. The molecular weight excluding hydrogens is 534 g/mol. The quantitative estimate of drug-likeness (QED) is 0.173. The Bertz CT molecular complexity index is 1220. The van der Waals surface area contributed by atoms with Crippen LogP contribution in [0.3, 0.4) is 0 Å². The third-order valence-electron chi connectivity index (χ3n) is 6.63. The Labute approximate surface area is 247 Å². The van der Waals surface area contributed by atoms with Crippen LogP contribution in [0.4, 0.5) is 4.79 Å². The summed E-state index contributed by atoms with van der Waals surface area (Å²) in [5, 5.41) is 41.3. The third-order valence-corrected chi connectivity index (χ3v) is 6.63. The topological polar surface area (TPSA) is 140 Å². The standard InChI is InChI=1S/C33H43N3O6/c1-33(2,3)42-32(41)36-27(20-24-15-9-5-10-16-24)29(38)22-34-21-28(37)26(19-23-13-7-4-8-14-23)35-31(40)30(39)25-17-11-6-12-18-25/h4-18,26-30,34,37-39H,19-22H2,1-3H3,(H,35,40)(H,36,41)/t26-,27-,28+,29+,30+/m0/s1. The lowest BCUT2D eigenvalue weighted by atomic mass is 9.99. The smallest absolute Gasteiger partial charge is 0.407 e. The van der Waals surface area contributed by atoms with Crippen LogP contribution >= 0.6 is 0 Å². The maximum atomic E-state index is 12.9. The lowest BCUT2D eigenvalue weighted by molar-refractivity contribution is -0.131. The first-order chi connectivity index (χ1) is 20.0. The molecule has 3 rings (SSSR count). The van der Waals surface area contributed by atoms with Crippen LogP contribution in [0.15, 0.2) is 91.0 Å².